The lowest BCUT2D eigenvalue weighted by Crippen LogP contribution is -2.44. The van der Waals surface area contributed by atoms with Crippen LogP contribution in [0.3, 0.4) is 0 Å². The van der Waals surface area contributed by atoms with Crippen molar-refractivity contribution in [3.05, 3.63) is 51.7 Å². The van der Waals surface area contributed by atoms with Gasteiger partial charge in [-0.1, -0.05) is 18.6 Å². The van der Waals surface area contributed by atoms with Gasteiger partial charge in [-0.2, -0.15) is 0 Å². The second-order valence-electron chi connectivity index (χ2n) is 8.39. The highest BCUT2D eigenvalue weighted by Crippen LogP contribution is 2.25. The number of benzene rings is 1. The Morgan fingerprint density at radius 3 is 2.97 bits per heavy atom. The highest BCUT2D eigenvalue weighted by atomic mass is 32.2. The maximum Gasteiger partial charge on any atom is 0.263 e. The maximum absolute atomic E-state index is 12.2. The summed E-state index contributed by atoms with van der Waals surface area (Å²) in [6, 6.07) is 9.40. The third-order valence-electron chi connectivity index (χ3n) is 6.05. The van der Waals surface area contributed by atoms with Crippen molar-refractivity contribution in [3.63, 3.8) is 0 Å². The van der Waals surface area contributed by atoms with Crippen molar-refractivity contribution in [1.29, 1.82) is 0 Å². The molecule has 2 aliphatic heterocycles. The van der Waals surface area contributed by atoms with E-state index in [-0.39, 0.29) is 10.8 Å². The van der Waals surface area contributed by atoms with Gasteiger partial charge in [-0.05, 0) is 55.3 Å². The second-order valence-corrected chi connectivity index (χ2v) is 11.0. The molecule has 4 rings (SSSR count). The van der Waals surface area contributed by atoms with E-state index in [0.29, 0.717) is 37.0 Å². The topological polar surface area (TPSA) is 90.9 Å². The molecule has 9 heteroatoms. The lowest BCUT2D eigenvalue weighted by Gasteiger charge is -2.32. The number of fused-ring (bicyclic) bond motifs is 2. The molecule has 1 atom stereocenters. The summed E-state index contributed by atoms with van der Waals surface area (Å²) in [7, 11) is -3.48. The molecular weight excluding hydrogens is 444 g/mol. The van der Waals surface area contributed by atoms with Gasteiger partial charge in [0, 0.05) is 49.1 Å². The number of nitrogens with zero attached hydrogens (tertiary/aromatic N) is 2. The van der Waals surface area contributed by atoms with Crippen molar-refractivity contribution in [2.45, 2.75) is 56.5 Å². The predicted molar refractivity (Wildman–Crippen MR) is 128 cm³/mol. The van der Waals surface area contributed by atoms with Crippen LogP contribution in [0.5, 0.6) is 0 Å². The number of aliphatic imine (C=N–C) groups is 1. The largest absolute Gasteiger partial charge is 0.355 e. The first-order chi connectivity index (χ1) is 15.4. The number of nitrogens with one attached hydrogen (secondary N) is 2. The molecule has 32 heavy (non-hydrogen) atoms. The van der Waals surface area contributed by atoms with Gasteiger partial charge in [0.1, 0.15) is 5.84 Å². The van der Waals surface area contributed by atoms with E-state index < -0.39 is 10.0 Å². The number of hydrogen-bond acceptors (Lipinski definition) is 6. The SMILES string of the molecule is CC(CNC(=O)CCCCCN=C1NS(=O)(=O)c2ccccc21)N1CCc2sccc2C1. The summed E-state index contributed by atoms with van der Waals surface area (Å²) >= 11 is 1.84. The minimum absolute atomic E-state index is 0.0916. The van der Waals surface area contributed by atoms with Crippen molar-refractivity contribution >= 4 is 33.1 Å². The number of hydrogen-bond donors (Lipinski definition) is 2. The summed E-state index contributed by atoms with van der Waals surface area (Å²) in [4.78, 5) is 20.8. The molecule has 1 aromatic carbocycles. The average Bonchev–Trinajstić information content (AvgIpc) is 3.36. The van der Waals surface area contributed by atoms with E-state index in [1.54, 1.807) is 24.3 Å². The highest BCUT2D eigenvalue weighted by Gasteiger charge is 2.29. The van der Waals surface area contributed by atoms with Gasteiger partial charge in [-0.15, -0.1) is 11.3 Å². The molecule has 0 fully saturated rings. The summed E-state index contributed by atoms with van der Waals surface area (Å²) in [5.74, 6) is 0.508. The molecule has 0 spiro atoms. The van der Waals surface area contributed by atoms with Gasteiger partial charge in [-0.25, -0.2) is 8.42 Å². The number of carbonyl (C=O) groups is 1. The van der Waals surface area contributed by atoms with Crippen molar-refractivity contribution < 1.29 is 13.2 Å². The van der Waals surface area contributed by atoms with Gasteiger partial charge in [0.15, 0.2) is 0 Å². The molecular formula is C23H30N4O3S2. The molecule has 2 aromatic rings. The molecule has 1 unspecified atom stereocenters. The van der Waals surface area contributed by atoms with Crippen LogP contribution in [-0.4, -0.2) is 50.7 Å². The van der Waals surface area contributed by atoms with E-state index in [0.717, 1.165) is 38.8 Å². The molecule has 172 valence electrons. The fourth-order valence-electron chi connectivity index (χ4n) is 4.14. The molecule has 1 aromatic heterocycles. The Morgan fingerprint density at radius 1 is 1.25 bits per heavy atom. The number of carbonyl (C=O) groups excluding carboxylic acids is 1. The Labute approximate surface area is 194 Å². The predicted octanol–water partition coefficient (Wildman–Crippen LogP) is 2.91. The lowest BCUT2D eigenvalue weighted by molar-refractivity contribution is -0.121. The first kappa shape index (κ1) is 22.9. The van der Waals surface area contributed by atoms with E-state index in [4.69, 9.17) is 0 Å². The van der Waals surface area contributed by atoms with Crippen LogP contribution in [0.25, 0.3) is 0 Å². The van der Waals surface area contributed by atoms with Crippen LogP contribution in [0.4, 0.5) is 0 Å². The number of amidine groups is 1. The van der Waals surface area contributed by atoms with E-state index in [2.05, 4.69) is 38.3 Å². The van der Waals surface area contributed by atoms with E-state index >= 15 is 0 Å². The number of thiophene rings is 1. The van der Waals surface area contributed by atoms with Crippen molar-refractivity contribution in [1.82, 2.24) is 14.9 Å². The minimum atomic E-state index is -3.48. The molecule has 7 nitrogen and oxygen atoms in total. The fourth-order valence-corrected chi connectivity index (χ4v) is 6.28. The maximum atomic E-state index is 12.2. The molecule has 1 amide bonds. The van der Waals surface area contributed by atoms with E-state index in [9.17, 15) is 13.2 Å². The Balaban J connectivity index is 1.12. The molecule has 2 N–H and O–H groups in total. The Morgan fingerprint density at radius 2 is 2.09 bits per heavy atom. The molecule has 0 saturated carbocycles. The fraction of sp³-hybridized carbons (Fsp3) is 0.478. The zero-order chi connectivity index (χ0) is 22.6. The summed E-state index contributed by atoms with van der Waals surface area (Å²) < 4.78 is 26.7. The van der Waals surface area contributed by atoms with Gasteiger partial charge >= 0.3 is 0 Å². The normalized spacial score (nSPS) is 19.2. The van der Waals surface area contributed by atoms with Gasteiger partial charge in [0.25, 0.3) is 10.0 Å². The van der Waals surface area contributed by atoms with Gasteiger partial charge in [-0.3, -0.25) is 19.4 Å². The van der Waals surface area contributed by atoms with Crippen LogP contribution in [0.2, 0.25) is 0 Å². The summed E-state index contributed by atoms with van der Waals surface area (Å²) in [5.41, 5.74) is 2.06. The van der Waals surface area contributed by atoms with Gasteiger partial charge < -0.3 is 5.32 Å². The van der Waals surface area contributed by atoms with Crippen LogP contribution >= 0.6 is 11.3 Å². The number of unbranched alkanes of at least 4 members (excludes halogenated alkanes) is 2. The van der Waals surface area contributed by atoms with Crippen molar-refractivity contribution in [2.75, 3.05) is 19.6 Å². The van der Waals surface area contributed by atoms with Crippen molar-refractivity contribution in [2.24, 2.45) is 4.99 Å². The van der Waals surface area contributed by atoms with Gasteiger partial charge in [0.05, 0.1) is 4.90 Å². The van der Waals surface area contributed by atoms with E-state index in [1.807, 2.05) is 11.3 Å². The molecule has 0 aliphatic carbocycles. The lowest BCUT2D eigenvalue weighted by atomic mass is 10.1. The second kappa shape index (κ2) is 10.1. The number of rotatable bonds is 9. The quantitative estimate of drug-likeness (QED) is 0.547. The Hall–Kier alpha value is -2.23. The van der Waals surface area contributed by atoms with Crippen LogP contribution in [-0.2, 0) is 27.8 Å². The molecule has 0 radical (unpaired) electrons. The van der Waals surface area contributed by atoms with Crippen LogP contribution in [0.1, 0.15) is 48.6 Å². The summed E-state index contributed by atoms with van der Waals surface area (Å²) in [6.45, 7) is 5.40. The molecule has 0 bridgehead atoms. The Bertz CT molecular complexity index is 1090. The number of sulfonamides is 1. The van der Waals surface area contributed by atoms with E-state index in [1.165, 1.54) is 10.4 Å². The Kier molecular flexibility index (Phi) is 7.27. The third kappa shape index (κ3) is 5.39. The first-order valence-corrected chi connectivity index (χ1v) is 13.5. The molecule has 3 heterocycles. The highest BCUT2D eigenvalue weighted by molar-refractivity contribution is 7.90. The smallest absolute Gasteiger partial charge is 0.263 e. The van der Waals surface area contributed by atoms with Crippen molar-refractivity contribution in [3.8, 4) is 0 Å². The zero-order valence-electron chi connectivity index (χ0n) is 18.3. The van der Waals surface area contributed by atoms with Gasteiger partial charge in [0.2, 0.25) is 5.91 Å². The van der Waals surface area contributed by atoms with Crippen LogP contribution < -0.4 is 10.0 Å². The minimum Gasteiger partial charge on any atom is -0.355 e. The zero-order valence-corrected chi connectivity index (χ0v) is 20.0. The standard InChI is InChI=1S/C23H30N4O3S2/c1-17(27-13-10-20-18(16-27)11-14-31-20)15-25-22(28)9-3-2-6-12-24-23-19-7-4-5-8-21(19)32(29,30)26-23/h4-5,7-8,11,14,17H,2-3,6,9-10,12-13,15-16H2,1H3,(H,24,26)(H,25,28). The first-order valence-electron chi connectivity index (χ1n) is 11.2. The molecule has 0 saturated heterocycles. The number of amides is 1. The molecule has 2 aliphatic rings. The monoisotopic (exact) mass is 474 g/mol. The third-order valence-corrected chi connectivity index (χ3v) is 8.47. The summed E-state index contributed by atoms with van der Waals surface area (Å²) in [6.07, 6.45) is 4.10. The average molecular weight is 475 g/mol. The van der Waals surface area contributed by atoms with Crippen LogP contribution in [0.15, 0.2) is 45.6 Å². The summed E-state index contributed by atoms with van der Waals surface area (Å²) in [5, 5.41) is 5.24. The van der Waals surface area contributed by atoms with Crippen LogP contribution in [0, 0.1) is 0 Å².